The molecule has 1 N–H and O–H groups in total. The minimum absolute atomic E-state index is 0.0691. The number of para-hydroxylation sites is 2. The Balaban J connectivity index is 1.48. The fraction of sp³-hybridized carbons (Fsp3) is 0.286. The zero-order chi connectivity index (χ0) is 19.7. The first kappa shape index (κ1) is 18.0. The molecule has 2 saturated heterocycles. The van der Waals surface area contributed by atoms with Gasteiger partial charge in [0.25, 0.3) is 0 Å². The summed E-state index contributed by atoms with van der Waals surface area (Å²) >= 11 is 0. The molecular formula is C21H21N3O4. The molecule has 2 fully saturated rings. The maximum absolute atomic E-state index is 12.8. The van der Waals surface area contributed by atoms with Crippen LogP contribution in [0, 0.1) is 12.8 Å². The third-order valence-corrected chi connectivity index (χ3v) is 5.06. The molecule has 2 aromatic rings. The number of carbonyl (C=O) groups is 3. The first-order chi connectivity index (χ1) is 13.5. The van der Waals surface area contributed by atoms with Gasteiger partial charge < -0.3 is 15.0 Å². The first-order valence-electron chi connectivity index (χ1n) is 9.24. The van der Waals surface area contributed by atoms with Crippen LogP contribution in [0.1, 0.15) is 12.0 Å². The molecule has 0 saturated carbocycles. The van der Waals surface area contributed by atoms with Crippen LogP contribution in [0.15, 0.2) is 48.5 Å². The van der Waals surface area contributed by atoms with Gasteiger partial charge in [-0.3, -0.25) is 14.5 Å². The van der Waals surface area contributed by atoms with E-state index in [1.165, 1.54) is 4.90 Å². The highest BCUT2D eigenvalue weighted by molar-refractivity contribution is 6.05. The van der Waals surface area contributed by atoms with E-state index in [2.05, 4.69) is 5.32 Å². The third kappa shape index (κ3) is 3.43. The lowest BCUT2D eigenvalue weighted by atomic mass is 10.1. The molecule has 4 rings (SSSR count). The molecule has 2 heterocycles. The van der Waals surface area contributed by atoms with E-state index in [0.717, 1.165) is 11.3 Å². The summed E-state index contributed by atoms with van der Waals surface area (Å²) in [5.41, 5.74) is 3.04. The number of amides is 3. The van der Waals surface area contributed by atoms with Crippen molar-refractivity contribution in [1.29, 1.82) is 0 Å². The number of carbonyl (C=O) groups excluding carboxylic acids is 3. The van der Waals surface area contributed by atoms with E-state index >= 15 is 0 Å². The first-order valence-corrected chi connectivity index (χ1v) is 9.24. The van der Waals surface area contributed by atoms with Crippen molar-refractivity contribution in [2.45, 2.75) is 13.3 Å². The van der Waals surface area contributed by atoms with Crippen LogP contribution in [0.5, 0.6) is 0 Å². The van der Waals surface area contributed by atoms with Gasteiger partial charge in [-0.1, -0.05) is 29.8 Å². The average Bonchev–Trinajstić information content (AvgIpc) is 3.29. The summed E-state index contributed by atoms with van der Waals surface area (Å²) in [6, 6.07) is 14.8. The van der Waals surface area contributed by atoms with Crippen molar-refractivity contribution in [2.24, 2.45) is 5.92 Å². The van der Waals surface area contributed by atoms with Crippen molar-refractivity contribution >= 4 is 35.0 Å². The van der Waals surface area contributed by atoms with Gasteiger partial charge in [-0.2, -0.15) is 0 Å². The van der Waals surface area contributed by atoms with Crippen LogP contribution in [0.2, 0.25) is 0 Å². The molecule has 2 aliphatic rings. The van der Waals surface area contributed by atoms with Crippen molar-refractivity contribution in [3.63, 3.8) is 0 Å². The Kier molecular flexibility index (Phi) is 4.73. The quantitative estimate of drug-likeness (QED) is 0.886. The molecule has 0 aromatic heterocycles. The lowest BCUT2D eigenvalue weighted by molar-refractivity contribution is -0.122. The summed E-state index contributed by atoms with van der Waals surface area (Å²) in [6.45, 7) is 3.08. The SMILES string of the molecule is Cc1ccc(N2CC(C(=O)Nc3ccccc3N3CCOC3=O)CC2=O)cc1. The van der Waals surface area contributed by atoms with E-state index in [9.17, 15) is 14.4 Å². The van der Waals surface area contributed by atoms with E-state index in [4.69, 9.17) is 4.74 Å². The number of nitrogens with one attached hydrogen (secondary N) is 1. The highest BCUT2D eigenvalue weighted by atomic mass is 16.6. The maximum atomic E-state index is 12.8. The predicted molar refractivity (Wildman–Crippen MR) is 105 cm³/mol. The molecule has 7 nitrogen and oxygen atoms in total. The fourth-order valence-corrected chi connectivity index (χ4v) is 3.52. The van der Waals surface area contributed by atoms with E-state index < -0.39 is 12.0 Å². The van der Waals surface area contributed by atoms with Gasteiger partial charge in [0.05, 0.1) is 23.8 Å². The number of rotatable bonds is 4. The van der Waals surface area contributed by atoms with Crippen LogP contribution in [0.3, 0.4) is 0 Å². The zero-order valence-corrected chi connectivity index (χ0v) is 15.6. The Hall–Kier alpha value is -3.35. The maximum Gasteiger partial charge on any atom is 0.414 e. The Morgan fingerprint density at radius 3 is 2.54 bits per heavy atom. The van der Waals surface area contributed by atoms with E-state index in [0.29, 0.717) is 31.1 Å². The van der Waals surface area contributed by atoms with Gasteiger partial charge in [-0.25, -0.2) is 4.79 Å². The molecule has 0 radical (unpaired) electrons. The Bertz CT molecular complexity index is 926. The van der Waals surface area contributed by atoms with E-state index in [1.807, 2.05) is 31.2 Å². The van der Waals surface area contributed by atoms with Crippen LogP contribution < -0.4 is 15.1 Å². The van der Waals surface area contributed by atoms with E-state index in [1.54, 1.807) is 29.2 Å². The van der Waals surface area contributed by atoms with Crippen molar-refractivity contribution in [2.75, 3.05) is 34.8 Å². The summed E-state index contributed by atoms with van der Waals surface area (Å²) in [7, 11) is 0. The van der Waals surface area contributed by atoms with Crippen LogP contribution in [0.4, 0.5) is 21.9 Å². The second kappa shape index (κ2) is 7.34. The van der Waals surface area contributed by atoms with Crippen LogP contribution in [-0.2, 0) is 14.3 Å². The predicted octanol–water partition coefficient (Wildman–Crippen LogP) is 2.94. The molecule has 144 valence electrons. The lowest BCUT2D eigenvalue weighted by Crippen LogP contribution is -2.29. The molecule has 1 atom stereocenters. The molecule has 0 aliphatic carbocycles. The minimum Gasteiger partial charge on any atom is -0.447 e. The van der Waals surface area contributed by atoms with Gasteiger partial charge in [0.1, 0.15) is 6.61 Å². The van der Waals surface area contributed by atoms with Crippen LogP contribution >= 0.6 is 0 Å². The topological polar surface area (TPSA) is 79.0 Å². The van der Waals surface area contributed by atoms with Gasteiger partial charge in [0.2, 0.25) is 11.8 Å². The second-order valence-electron chi connectivity index (χ2n) is 7.01. The normalized spacial score (nSPS) is 19.1. The molecule has 3 amide bonds. The molecule has 2 aliphatic heterocycles. The van der Waals surface area contributed by atoms with Gasteiger partial charge in [-0.05, 0) is 31.2 Å². The van der Waals surface area contributed by atoms with Gasteiger partial charge >= 0.3 is 6.09 Å². The van der Waals surface area contributed by atoms with Crippen LogP contribution in [0.25, 0.3) is 0 Å². The van der Waals surface area contributed by atoms with Crippen LogP contribution in [-0.4, -0.2) is 37.6 Å². The molecule has 28 heavy (non-hydrogen) atoms. The monoisotopic (exact) mass is 379 g/mol. The highest BCUT2D eigenvalue weighted by Crippen LogP contribution is 2.30. The zero-order valence-electron chi connectivity index (χ0n) is 15.6. The average molecular weight is 379 g/mol. The molecule has 0 spiro atoms. The Morgan fingerprint density at radius 1 is 1.07 bits per heavy atom. The number of anilines is 3. The molecule has 0 bridgehead atoms. The molecule has 2 aromatic carbocycles. The Labute approximate surface area is 162 Å². The number of hydrogen-bond acceptors (Lipinski definition) is 4. The standard InChI is InChI=1S/C21H21N3O4/c1-14-6-8-16(9-7-14)24-13-15(12-19(24)25)20(26)22-17-4-2-3-5-18(17)23-10-11-28-21(23)27/h2-9,15H,10-13H2,1H3,(H,22,26). The Morgan fingerprint density at radius 2 is 1.82 bits per heavy atom. The van der Waals surface area contributed by atoms with Gasteiger partial charge in [0.15, 0.2) is 0 Å². The highest BCUT2D eigenvalue weighted by Gasteiger charge is 2.35. The summed E-state index contributed by atoms with van der Waals surface area (Å²) in [4.78, 5) is 40.3. The second-order valence-corrected chi connectivity index (χ2v) is 7.01. The number of cyclic esters (lactones) is 1. The van der Waals surface area contributed by atoms with Crippen molar-refractivity contribution < 1.29 is 19.1 Å². The smallest absolute Gasteiger partial charge is 0.414 e. The van der Waals surface area contributed by atoms with Gasteiger partial charge in [0, 0.05) is 18.7 Å². The fourth-order valence-electron chi connectivity index (χ4n) is 3.52. The summed E-state index contributed by atoms with van der Waals surface area (Å²) in [5.74, 6) is -0.754. The van der Waals surface area contributed by atoms with Crippen molar-refractivity contribution in [3.05, 3.63) is 54.1 Å². The number of benzene rings is 2. The van der Waals surface area contributed by atoms with E-state index in [-0.39, 0.29) is 18.2 Å². The van der Waals surface area contributed by atoms with Crippen molar-refractivity contribution in [1.82, 2.24) is 0 Å². The number of nitrogens with zero attached hydrogens (tertiary/aromatic N) is 2. The summed E-state index contributed by atoms with van der Waals surface area (Å²) in [5, 5.41) is 2.88. The minimum atomic E-state index is -0.451. The van der Waals surface area contributed by atoms with Gasteiger partial charge in [-0.15, -0.1) is 0 Å². The number of aryl methyl sites for hydroxylation is 1. The molecule has 7 heteroatoms. The lowest BCUT2D eigenvalue weighted by Gasteiger charge is -2.19. The largest absolute Gasteiger partial charge is 0.447 e. The summed E-state index contributed by atoms with van der Waals surface area (Å²) in [6.07, 6.45) is -0.267. The summed E-state index contributed by atoms with van der Waals surface area (Å²) < 4.78 is 4.99. The third-order valence-electron chi connectivity index (χ3n) is 5.06. The van der Waals surface area contributed by atoms with Crippen molar-refractivity contribution in [3.8, 4) is 0 Å². The molecule has 1 unspecified atom stereocenters. The molecular weight excluding hydrogens is 358 g/mol. The number of hydrogen-bond donors (Lipinski definition) is 1. The number of ether oxygens (including phenoxy) is 1.